The average molecular weight is 267 g/mol. The first kappa shape index (κ1) is 14.4. The van der Waals surface area contributed by atoms with Gasteiger partial charge in [-0.05, 0) is 26.0 Å². The first-order chi connectivity index (χ1) is 8.47. The van der Waals surface area contributed by atoms with E-state index in [1.807, 2.05) is 13.8 Å². The first-order valence-electron chi connectivity index (χ1n) is 5.74. The lowest BCUT2D eigenvalue weighted by atomic mass is 10.2. The van der Waals surface area contributed by atoms with Crippen LogP contribution in [0.4, 0.5) is 0 Å². The number of nitrogens with two attached hydrogens (primary N) is 1. The van der Waals surface area contributed by atoms with Gasteiger partial charge in [0.25, 0.3) is 5.56 Å². The predicted molar refractivity (Wildman–Crippen MR) is 74.6 cm³/mol. The van der Waals surface area contributed by atoms with E-state index < -0.39 is 0 Å². The summed E-state index contributed by atoms with van der Waals surface area (Å²) in [5.74, 6) is -0.0791. The highest BCUT2D eigenvalue weighted by molar-refractivity contribution is 7.80. The Hall–Kier alpha value is -1.69. The molecule has 0 saturated carbocycles. The predicted octanol–water partition coefficient (Wildman–Crippen LogP) is 0.317. The standard InChI is InChI=1S/C12H17N3O2S/c1-3-14-10(16)6-7-15-8(2)4-5-9(11(13)18)12(15)17/h4-5H,3,6-7H2,1-2H3,(H2,13,18)(H,14,16). The van der Waals surface area contributed by atoms with Crippen LogP contribution in [-0.4, -0.2) is 22.0 Å². The van der Waals surface area contributed by atoms with Crippen LogP contribution in [0, 0.1) is 6.92 Å². The molecule has 0 aromatic carbocycles. The summed E-state index contributed by atoms with van der Waals surface area (Å²) >= 11 is 4.81. The number of amides is 1. The lowest BCUT2D eigenvalue weighted by Gasteiger charge is -2.11. The Kier molecular flexibility index (Phi) is 5.03. The van der Waals surface area contributed by atoms with Gasteiger partial charge in [-0.1, -0.05) is 12.2 Å². The average Bonchev–Trinajstić information content (AvgIpc) is 2.28. The molecule has 5 nitrogen and oxygen atoms in total. The third-order valence-electron chi connectivity index (χ3n) is 2.59. The normalized spacial score (nSPS) is 10.1. The molecule has 3 N–H and O–H groups in total. The fraction of sp³-hybridized carbons (Fsp3) is 0.417. The molecule has 1 heterocycles. The monoisotopic (exact) mass is 267 g/mol. The molecule has 98 valence electrons. The summed E-state index contributed by atoms with van der Waals surface area (Å²) in [5, 5.41) is 2.69. The van der Waals surface area contributed by atoms with Crippen molar-refractivity contribution in [3.63, 3.8) is 0 Å². The van der Waals surface area contributed by atoms with Gasteiger partial charge in [0, 0.05) is 25.2 Å². The van der Waals surface area contributed by atoms with Crippen molar-refractivity contribution in [2.45, 2.75) is 26.8 Å². The lowest BCUT2D eigenvalue weighted by molar-refractivity contribution is -0.121. The number of nitrogens with zero attached hydrogens (tertiary/aromatic N) is 1. The molecule has 0 radical (unpaired) electrons. The summed E-state index contributed by atoms with van der Waals surface area (Å²) in [7, 11) is 0. The van der Waals surface area contributed by atoms with E-state index in [9.17, 15) is 9.59 Å². The minimum absolute atomic E-state index is 0.0757. The zero-order chi connectivity index (χ0) is 13.7. The Morgan fingerprint density at radius 1 is 1.50 bits per heavy atom. The Labute approximate surface area is 111 Å². The van der Waals surface area contributed by atoms with Gasteiger partial charge in [0.15, 0.2) is 0 Å². The Morgan fingerprint density at radius 2 is 2.17 bits per heavy atom. The van der Waals surface area contributed by atoms with E-state index in [1.165, 1.54) is 4.57 Å². The van der Waals surface area contributed by atoms with E-state index in [1.54, 1.807) is 12.1 Å². The van der Waals surface area contributed by atoms with Gasteiger partial charge >= 0.3 is 0 Å². The Bertz CT molecular complexity index is 523. The highest BCUT2D eigenvalue weighted by Gasteiger charge is 2.09. The largest absolute Gasteiger partial charge is 0.389 e. The second kappa shape index (κ2) is 6.30. The third-order valence-corrected chi connectivity index (χ3v) is 2.81. The van der Waals surface area contributed by atoms with Gasteiger partial charge < -0.3 is 15.6 Å². The second-order valence-electron chi connectivity index (χ2n) is 3.91. The van der Waals surface area contributed by atoms with Crippen LogP contribution in [0.2, 0.25) is 0 Å². The molecular weight excluding hydrogens is 250 g/mol. The van der Waals surface area contributed by atoms with Crippen molar-refractivity contribution >= 4 is 23.1 Å². The van der Waals surface area contributed by atoms with E-state index in [2.05, 4.69) is 5.32 Å². The molecule has 0 aliphatic carbocycles. The number of pyridine rings is 1. The number of aromatic nitrogens is 1. The minimum Gasteiger partial charge on any atom is -0.389 e. The molecule has 6 heteroatoms. The fourth-order valence-corrected chi connectivity index (χ4v) is 1.79. The van der Waals surface area contributed by atoms with Gasteiger partial charge in [-0.3, -0.25) is 9.59 Å². The summed E-state index contributed by atoms with van der Waals surface area (Å²) in [6.45, 7) is 4.57. The lowest BCUT2D eigenvalue weighted by Crippen LogP contribution is -2.32. The van der Waals surface area contributed by atoms with Crippen LogP contribution in [0.25, 0.3) is 0 Å². The van der Waals surface area contributed by atoms with E-state index in [0.717, 1.165) is 5.69 Å². The molecule has 0 fully saturated rings. The van der Waals surface area contributed by atoms with Crippen LogP contribution >= 0.6 is 12.2 Å². The van der Waals surface area contributed by atoms with E-state index in [0.29, 0.717) is 18.7 Å². The van der Waals surface area contributed by atoms with Crippen molar-refractivity contribution in [2.24, 2.45) is 5.73 Å². The number of rotatable bonds is 5. The minimum atomic E-state index is -0.244. The number of nitrogens with one attached hydrogen (secondary N) is 1. The molecule has 1 amide bonds. The summed E-state index contributed by atoms with van der Waals surface area (Å²) in [6, 6.07) is 3.39. The molecule has 0 aliphatic rings. The third kappa shape index (κ3) is 3.40. The van der Waals surface area contributed by atoms with Crippen molar-refractivity contribution in [1.29, 1.82) is 0 Å². The molecule has 18 heavy (non-hydrogen) atoms. The van der Waals surface area contributed by atoms with E-state index in [-0.39, 0.29) is 22.9 Å². The van der Waals surface area contributed by atoms with Crippen LogP contribution in [0.15, 0.2) is 16.9 Å². The Balaban J connectivity index is 2.95. The van der Waals surface area contributed by atoms with Crippen molar-refractivity contribution in [3.05, 3.63) is 33.7 Å². The molecule has 0 unspecified atom stereocenters. The molecule has 0 atom stereocenters. The summed E-state index contributed by atoms with van der Waals surface area (Å²) in [6.07, 6.45) is 0.259. The SMILES string of the molecule is CCNC(=O)CCn1c(C)ccc(C(N)=S)c1=O. The summed E-state index contributed by atoms with van der Waals surface area (Å²) < 4.78 is 1.52. The summed E-state index contributed by atoms with van der Waals surface area (Å²) in [4.78, 5) is 23.5. The molecule has 1 rings (SSSR count). The maximum absolute atomic E-state index is 12.1. The van der Waals surface area contributed by atoms with Crippen molar-refractivity contribution < 1.29 is 4.79 Å². The highest BCUT2D eigenvalue weighted by atomic mass is 32.1. The van der Waals surface area contributed by atoms with Crippen LogP contribution in [-0.2, 0) is 11.3 Å². The molecule has 1 aromatic heterocycles. The maximum atomic E-state index is 12.1. The fourth-order valence-electron chi connectivity index (χ4n) is 1.64. The summed E-state index contributed by atoms with van der Waals surface area (Å²) in [5.41, 5.74) is 6.33. The van der Waals surface area contributed by atoms with Crippen molar-refractivity contribution in [1.82, 2.24) is 9.88 Å². The van der Waals surface area contributed by atoms with Gasteiger partial charge in [0.1, 0.15) is 4.99 Å². The number of carbonyl (C=O) groups is 1. The van der Waals surface area contributed by atoms with Gasteiger partial charge in [0.05, 0.1) is 5.56 Å². The first-order valence-corrected chi connectivity index (χ1v) is 6.15. The number of carbonyl (C=O) groups excluding carboxylic acids is 1. The molecule has 0 aliphatic heterocycles. The number of thiocarbonyl (C=S) groups is 1. The van der Waals surface area contributed by atoms with Gasteiger partial charge in [-0.25, -0.2) is 0 Å². The van der Waals surface area contributed by atoms with Crippen LogP contribution in [0.1, 0.15) is 24.6 Å². The molecule has 1 aromatic rings. The van der Waals surface area contributed by atoms with Crippen molar-refractivity contribution in [2.75, 3.05) is 6.54 Å². The number of hydrogen-bond donors (Lipinski definition) is 2. The quantitative estimate of drug-likeness (QED) is 0.753. The molecule has 0 spiro atoms. The van der Waals surface area contributed by atoms with Gasteiger partial charge in [-0.2, -0.15) is 0 Å². The molecular formula is C12H17N3O2S. The molecule has 0 bridgehead atoms. The van der Waals surface area contributed by atoms with Gasteiger partial charge in [0.2, 0.25) is 5.91 Å². The smallest absolute Gasteiger partial charge is 0.260 e. The number of hydrogen-bond acceptors (Lipinski definition) is 3. The van der Waals surface area contributed by atoms with Crippen LogP contribution in [0.3, 0.4) is 0 Å². The number of aryl methyl sites for hydroxylation is 1. The van der Waals surface area contributed by atoms with Crippen molar-refractivity contribution in [3.8, 4) is 0 Å². The maximum Gasteiger partial charge on any atom is 0.260 e. The second-order valence-corrected chi connectivity index (χ2v) is 4.35. The zero-order valence-corrected chi connectivity index (χ0v) is 11.3. The molecule has 0 saturated heterocycles. The van der Waals surface area contributed by atoms with Crippen LogP contribution < -0.4 is 16.6 Å². The topological polar surface area (TPSA) is 77.1 Å². The van der Waals surface area contributed by atoms with E-state index in [4.69, 9.17) is 18.0 Å². The van der Waals surface area contributed by atoms with Crippen LogP contribution in [0.5, 0.6) is 0 Å². The Morgan fingerprint density at radius 3 is 2.72 bits per heavy atom. The highest BCUT2D eigenvalue weighted by Crippen LogP contribution is 2.00. The van der Waals surface area contributed by atoms with E-state index >= 15 is 0 Å². The zero-order valence-electron chi connectivity index (χ0n) is 10.5. The van der Waals surface area contributed by atoms with Gasteiger partial charge in [-0.15, -0.1) is 0 Å².